The van der Waals surface area contributed by atoms with Gasteiger partial charge in [-0.2, -0.15) is 12.6 Å². The lowest BCUT2D eigenvalue weighted by Crippen LogP contribution is -2.45. The first-order chi connectivity index (χ1) is 5.61. The van der Waals surface area contributed by atoms with Crippen molar-refractivity contribution < 1.29 is 4.79 Å². The van der Waals surface area contributed by atoms with E-state index in [0.29, 0.717) is 5.75 Å². The molecule has 0 aliphatic rings. The molecule has 0 radical (unpaired) electrons. The number of hydrogen-bond acceptors (Lipinski definition) is 3. The summed E-state index contributed by atoms with van der Waals surface area (Å²) in [6, 6.07) is -0.263. The van der Waals surface area contributed by atoms with Gasteiger partial charge in [-0.3, -0.25) is 4.79 Å². The molecule has 72 valence electrons. The highest BCUT2D eigenvalue weighted by Gasteiger charge is 2.12. The number of hydrogen-bond donors (Lipinski definition) is 3. The van der Waals surface area contributed by atoms with Gasteiger partial charge in [0.05, 0.1) is 6.04 Å². The van der Waals surface area contributed by atoms with Gasteiger partial charge < -0.3 is 11.1 Å². The molecule has 0 saturated carbocycles. The molecule has 0 aromatic carbocycles. The van der Waals surface area contributed by atoms with E-state index in [1.807, 2.05) is 6.92 Å². The first-order valence-electron chi connectivity index (χ1n) is 4.28. The lowest BCUT2D eigenvalue weighted by Gasteiger charge is -2.15. The summed E-state index contributed by atoms with van der Waals surface area (Å²) >= 11 is 3.94. The number of amides is 1. The van der Waals surface area contributed by atoms with Crippen molar-refractivity contribution in [2.24, 2.45) is 5.73 Å². The van der Waals surface area contributed by atoms with E-state index in [1.54, 1.807) is 0 Å². The van der Waals surface area contributed by atoms with Gasteiger partial charge in [0.15, 0.2) is 0 Å². The van der Waals surface area contributed by atoms with Gasteiger partial charge in [-0.05, 0) is 13.3 Å². The minimum Gasteiger partial charge on any atom is -0.352 e. The second kappa shape index (κ2) is 6.31. The standard InChI is InChI=1S/C8H18N2OS/c1-3-4-6(2)10-8(11)7(9)5-12/h6-7,12H,3-5,9H2,1-2H3,(H,10,11). The summed E-state index contributed by atoms with van der Waals surface area (Å²) in [6.07, 6.45) is 2.06. The monoisotopic (exact) mass is 190 g/mol. The van der Waals surface area contributed by atoms with Crippen LogP contribution in [-0.2, 0) is 4.79 Å². The minimum absolute atomic E-state index is 0.106. The number of thiol groups is 1. The Kier molecular flexibility index (Phi) is 6.20. The van der Waals surface area contributed by atoms with E-state index in [-0.39, 0.29) is 11.9 Å². The summed E-state index contributed by atoms with van der Waals surface area (Å²) in [4.78, 5) is 11.2. The largest absolute Gasteiger partial charge is 0.352 e. The maximum Gasteiger partial charge on any atom is 0.237 e. The van der Waals surface area contributed by atoms with Crippen LogP contribution in [0.3, 0.4) is 0 Å². The van der Waals surface area contributed by atoms with E-state index in [4.69, 9.17) is 5.73 Å². The summed E-state index contributed by atoms with van der Waals surface area (Å²) in [6.45, 7) is 4.06. The van der Waals surface area contributed by atoms with Crippen LogP contribution in [-0.4, -0.2) is 23.7 Å². The third-order valence-corrected chi connectivity index (χ3v) is 2.04. The Balaban J connectivity index is 3.67. The highest BCUT2D eigenvalue weighted by atomic mass is 32.1. The number of nitrogens with one attached hydrogen (secondary N) is 1. The number of carbonyl (C=O) groups excluding carboxylic acids is 1. The van der Waals surface area contributed by atoms with Crippen LogP contribution < -0.4 is 11.1 Å². The van der Waals surface area contributed by atoms with Crippen LogP contribution in [0.1, 0.15) is 26.7 Å². The number of nitrogens with two attached hydrogens (primary N) is 1. The molecule has 12 heavy (non-hydrogen) atoms. The Morgan fingerprint density at radius 1 is 1.67 bits per heavy atom. The van der Waals surface area contributed by atoms with E-state index in [1.165, 1.54) is 0 Å². The molecule has 0 aromatic rings. The van der Waals surface area contributed by atoms with Crippen LogP contribution >= 0.6 is 12.6 Å². The minimum atomic E-state index is -0.479. The molecular weight excluding hydrogens is 172 g/mol. The van der Waals surface area contributed by atoms with Gasteiger partial charge in [-0.15, -0.1) is 0 Å². The summed E-state index contributed by atoms with van der Waals surface area (Å²) in [5, 5.41) is 2.82. The summed E-state index contributed by atoms with van der Waals surface area (Å²) < 4.78 is 0. The molecule has 0 saturated heterocycles. The molecule has 0 fully saturated rings. The second-order valence-corrected chi connectivity index (χ2v) is 3.35. The number of rotatable bonds is 5. The van der Waals surface area contributed by atoms with Crippen LogP contribution in [0.25, 0.3) is 0 Å². The van der Waals surface area contributed by atoms with Crippen molar-refractivity contribution in [1.29, 1.82) is 0 Å². The van der Waals surface area contributed by atoms with E-state index in [9.17, 15) is 4.79 Å². The molecule has 3 N–H and O–H groups in total. The first kappa shape index (κ1) is 11.8. The molecule has 0 aliphatic heterocycles. The van der Waals surface area contributed by atoms with Crippen LogP contribution in [0, 0.1) is 0 Å². The van der Waals surface area contributed by atoms with Gasteiger partial charge in [0, 0.05) is 11.8 Å². The zero-order valence-corrected chi connectivity index (χ0v) is 8.60. The van der Waals surface area contributed by atoms with Gasteiger partial charge in [-0.25, -0.2) is 0 Å². The average molecular weight is 190 g/mol. The van der Waals surface area contributed by atoms with Crippen molar-refractivity contribution in [3.05, 3.63) is 0 Å². The second-order valence-electron chi connectivity index (χ2n) is 2.99. The van der Waals surface area contributed by atoms with E-state index >= 15 is 0 Å². The van der Waals surface area contributed by atoms with Crippen molar-refractivity contribution in [3.8, 4) is 0 Å². The quantitative estimate of drug-likeness (QED) is 0.554. The zero-order chi connectivity index (χ0) is 9.56. The van der Waals surface area contributed by atoms with E-state index < -0.39 is 6.04 Å². The molecule has 0 spiro atoms. The first-order valence-corrected chi connectivity index (χ1v) is 4.91. The van der Waals surface area contributed by atoms with Gasteiger partial charge >= 0.3 is 0 Å². The highest BCUT2D eigenvalue weighted by Crippen LogP contribution is 1.95. The van der Waals surface area contributed by atoms with Gasteiger partial charge in [0.1, 0.15) is 0 Å². The fourth-order valence-corrected chi connectivity index (χ4v) is 1.10. The van der Waals surface area contributed by atoms with Crippen molar-refractivity contribution >= 4 is 18.5 Å². The van der Waals surface area contributed by atoms with E-state index in [0.717, 1.165) is 12.8 Å². The Morgan fingerprint density at radius 3 is 2.67 bits per heavy atom. The fourth-order valence-electron chi connectivity index (χ4n) is 0.938. The average Bonchev–Trinajstić information content (AvgIpc) is 2.03. The predicted octanol–water partition coefficient (Wildman–Crippen LogP) is 0.548. The van der Waals surface area contributed by atoms with Crippen LogP contribution in [0.5, 0.6) is 0 Å². The molecule has 0 heterocycles. The fraction of sp³-hybridized carbons (Fsp3) is 0.875. The molecule has 0 bridgehead atoms. The Labute approximate surface area is 79.5 Å². The number of carbonyl (C=O) groups is 1. The normalized spacial score (nSPS) is 15.3. The third-order valence-electron chi connectivity index (χ3n) is 1.64. The molecule has 3 nitrogen and oxygen atoms in total. The van der Waals surface area contributed by atoms with E-state index in [2.05, 4.69) is 24.9 Å². The molecule has 0 rings (SSSR count). The molecule has 0 aromatic heterocycles. The van der Waals surface area contributed by atoms with Crippen molar-refractivity contribution in [1.82, 2.24) is 5.32 Å². The lowest BCUT2D eigenvalue weighted by atomic mass is 10.2. The van der Waals surface area contributed by atoms with Crippen molar-refractivity contribution in [2.75, 3.05) is 5.75 Å². The summed E-state index contributed by atoms with van der Waals surface area (Å²) in [5.74, 6) is 0.288. The Bertz CT molecular complexity index is 141. The maximum atomic E-state index is 11.2. The zero-order valence-electron chi connectivity index (χ0n) is 7.71. The van der Waals surface area contributed by atoms with Crippen molar-refractivity contribution in [2.45, 2.75) is 38.8 Å². The maximum absolute atomic E-state index is 11.2. The molecule has 0 aliphatic carbocycles. The molecule has 4 heteroatoms. The van der Waals surface area contributed by atoms with Crippen LogP contribution in [0.15, 0.2) is 0 Å². The lowest BCUT2D eigenvalue weighted by molar-refractivity contribution is -0.122. The van der Waals surface area contributed by atoms with Crippen molar-refractivity contribution in [3.63, 3.8) is 0 Å². The molecular formula is C8H18N2OS. The third kappa shape index (κ3) is 4.62. The van der Waals surface area contributed by atoms with Crippen LogP contribution in [0.2, 0.25) is 0 Å². The van der Waals surface area contributed by atoms with Gasteiger partial charge in [-0.1, -0.05) is 13.3 Å². The smallest absolute Gasteiger partial charge is 0.237 e. The predicted molar refractivity (Wildman–Crippen MR) is 54.3 cm³/mol. The SMILES string of the molecule is CCCC(C)NC(=O)C(N)CS. The summed E-state index contributed by atoms with van der Waals surface area (Å²) in [7, 11) is 0. The van der Waals surface area contributed by atoms with Gasteiger partial charge in [0.25, 0.3) is 0 Å². The van der Waals surface area contributed by atoms with Gasteiger partial charge in [0.2, 0.25) is 5.91 Å². The Morgan fingerprint density at radius 2 is 2.25 bits per heavy atom. The van der Waals surface area contributed by atoms with Crippen LogP contribution in [0.4, 0.5) is 0 Å². The highest BCUT2D eigenvalue weighted by molar-refractivity contribution is 7.80. The topological polar surface area (TPSA) is 55.1 Å². The summed E-state index contributed by atoms with van der Waals surface area (Å²) in [5.41, 5.74) is 5.47. The Hall–Kier alpha value is -0.220. The molecule has 2 atom stereocenters. The molecule has 1 amide bonds. The molecule has 2 unspecified atom stereocenters.